The average molecular weight is 492 g/mol. The summed E-state index contributed by atoms with van der Waals surface area (Å²) in [4.78, 5) is 26.1. The number of carbonyl (C=O) groups excluding carboxylic acids is 2. The molecule has 0 unspecified atom stereocenters. The van der Waals surface area contributed by atoms with Crippen molar-refractivity contribution in [1.29, 1.82) is 0 Å². The topological polar surface area (TPSA) is 70.7 Å². The van der Waals surface area contributed by atoms with Gasteiger partial charge in [0.1, 0.15) is 5.75 Å². The number of carbonyl (C=O) groups is 2. The molecule has 2 N–H and O–H groups in total. The normalized spacial score (nSPS) is 10.3. The summed E-state index contributed by atoms with van der Waals surface area (Å²) in [6, 6.07) is 12.9. The maximum absolute atomic E-state index is 12.7. The summed E-state index contributed by atoms with van der Waals surface area (Å²) >= 11 is 8.69. The Kier molecular flexibility index (Phi) is 9.26. The van der Waals surface area contributed by atoms with Gasteiger partial charge in [-0.1, -0.05) is 35.0 Å². The largest absolute Gasteiger partial charge is 0.493 e. The smallest absolute Gasteiger partial charge is 0.261 e. The molecule has 0 spiro atoms. The third kappa shape index (κ3) is 7.42. The van der Waals surface area contributed by atoms with Crippen LogP contribution in [0.2, 0.25) is 0 Å². The molecule has 6 nitrogen and oxygen atoms in total. The molecule has 0 atom stereocenters. The zero-order valence-electron chi connectivity index (χ0n) is 17.3. The number of amides is 2. The fourth-order valence-electron chi connectivity index (χ4n) is 2.63. The number of nitrogens with zero attached hydrogens (tertiary/aromatic N) is 1. The van der Waals surface area contributed by atoms with Crippen molar-refractivity contribution < 1.29 is 14.3 Å². The summed E-state index contributed by atoms with van der Waals surface area (Å²) in [7, 11) is 3.48. The van der Waals surface area contributed by atoms with Gasteiger partial charge < -0.3 is 15.0 Å². The van der Waals surface area contributed by atoms with Gasteiger partial charge in [-0.15, -0.1) is 0 Å². The summed E-state index contributed by atoms with van der Waals surface area (Å²) < 4.78 is 6.44. The number of benzene rings is 2. The van der Waals surface area contributed by atoms with Crippen LogP contribution in [-0.2, 0) is 11.2 Å². The first-order valence-corrected chi connectivity index (χ1v) is 10.8. The number of halogens is 1. The zero-order chi connectivity index (χ0) is 22.1. The van der Waals surface area contributed by atoms with Crippen molar-refractivity contribution in [1.82, 2.24) is 10.2 Å². The van der Waals surface area contributed by atoms with E-state index in [1.165, 1.54) is 0 Å². The van der Waals surface area contributed by atoms with Crippen LogP contribution in [0.15, 0.2) is 46.9 Å². The third-order valence-electron chi connectivity index (χ3n) is 4.19. The lowest BCUT2D eigenvalue weighted by atomic mass is 10.1. The first-order valence-electron chi connectivity index (χ1n) is 9.64. The fraction of sp³-hybridized carbons (Fsp3) is 0.318. The molecule has 2 aromatic carbocycles. The van der Waals surface area contributed by atoms with Gasteiger partial charge in [-0.2, -0.15) is 0 Å². The van der Waals surface area contributed by atoms with Crippen LogP contribution >= 0.6 is 28.1 Å². The number of thiocarbonyl (C=S) groups is 1. The van der Waals surface area contributed by atoms with E-state index >= 15 is 0 Å². The quantitative estimate of drug-likeness (QED) is 0.536. The highest BCUT2D eigenvalue weighted by Gasteiger charge is 2.15. The first-order chi connectivity index (χ1) is 14.3. The predicted octanol–water partition coefficient (Wildman–Crippen LogP) is 4.39. The van der Waals surface area contributed by atoms with E-state index in [1.807, 2.05) is 37.3 Å². The van der Waals surface area contributed by atoms with E-state index in [2.05, 4.69) is 26.6 Å². The molecule has 0 bridgehead atoms. The molecule has 2 aromatic rings. The maximum Gasteiger partial charge on any atom is 0.261 e. The summed E-state index contributed by atoms with van der Waals surface area (Å²) in [5.74, 6) is 0.229. The van der Waals surface area contributed by atoms with E-state index in [9.17, 15) is 9.59 Å². The molecule has 0 aliphatic heterocycles. The van der Waals surface area contributed by atoms with Crippen LogP contribution in [0.1, 0.15) is 35.7 Å². The molecular weight excluding hydrogens is 466 g/mol. The molecule has 0 saturated carbocycles. The summed E-state index contributed by atoms with van der Waals surface area (Å²) in [5.41, 5.74) is 2.15. The molecule has 8 heteroatoms. The van der Waals surface area contributed by atoms with Crippen molar-refractivity contribution in [3.8, 4) is 5.75 Å². The molecule has 2 amide bonds. The molecule has 0 aromatic heterocycles. The molecule has 0 aliphatic carbocycles. The Morgan fingerprint density at radius 1 is 1.17 bits per heavy atom. The Bertz CT molecular complexity index is 918. The number of nitrogens with one attached hydrogen (secondary N) is 2. The molecule has 0 fully saturated rings. The molecule has 30 heavy (non-hydrogen) atoms. The third-order valence-corrected chi connectivity index (χ3v) is 4.88. The summed E-state index contributed by atoms with van der Waals surface area (Å²) in [6.07, 6.45) is 1.90. The lowest BCUT2D eigenvalue weighted by Crippen LogP contribution is -2.34. The van der Waals surface area contributed by atoms with Gasteiger partial charge in [0.25, 0.3) is 5.91 Å². The number of aryl methyl sites for hydroxylation is 1. The standard InChI is InChI=1S/C22H26BrN3O3S/c1-4-12-29-19-10-9-16(23)14-18(19)21(28)25-22(30)24-17-7-5-6-15(13-17)8-11-20(27)26(2)3/h5-7,9-10,13-14H,4,8,11-12H2,1-3H3,(H2,24,25,28,30). The average Bonchev–Trinajstić information content (AvgIpc) is 2.71. The highest BCUT2D eigenvalue weighted by atomic mass is 79.9. The molecular formula is C22H26BrN3O3S. The lowest BCUT2D eigenvalue weighted by molar-refractivity contribution is -0.128. The number of rotatable bonds is 8. The van der Waals surface area contributed by atoms with Crippen molar-refractivity contribution in [3.63, 3.8) is 0 Å². The monoisotopic (exact) mass is 491 g/mol. The van der Waals surface area contributed by atoms with E-state index in [4.69, 9.17) is 17.0 Å². The molecule has 2 rings (SSSR count). The Morgan fingerprint density at radius 2 is 1.93 bits per heavy atom. The zero-order valence-corrected chi connectivity index (χ0v) is 19.7. The number of anilines is 1. The van der Waals surface area contributed by atoms with Crippen molar-refractivity contribution in [3.05, 3.63) is 58.1 Å². The molecule has 0 radical (unpaired) electrons. The number of ether oxygens (including phenoxy) is 1. The van der Waals surface area contributed by atoms with Gasteiger partial charge in [-0.25, -0.2) is 0 Å². The van der Waals surface area contributed by atoms with Crippen LogP contribution in [0.3, 0.4) is 0 Å². The van der Waals surface area contributed by atoms with Crippen LogP contribution < -0.4 is 15.4 Å². The van der Waals surface area contributed by atoms with Crippen molar-refractivity contribution in [2.75, 3.05) is 26.0 Å². The Balaban J connectivity index is 2.01. The highest BCUT2D eigenvalue weighted by Crippen LogP contribution is 2.23. The van der Waals surface area contributed by atoms with Gasteiger partial charge in [-0.3, -0.25) is 14.9 Å². The first kappa shape index (κ1) is 23.8. The second-order valence-corrected chi connectivity index (χ2v) is 8.21. The van der Waals surface area contributed by atoms with E-state index in [-0.39, 0.29) is 16.9 Å². The molecule has 0 saturated heterocycles. The summed E-state index contributed by atoms with van der Waals surface area (Å²) in [6.45, 7) is 2.52. The minimum absolute atomic E-state index is 0.0752. The second-order valence-electron chi connectivity index (χ2n) is 6.89. The Labute approximate surface area is 191 Å². The van der Waals surface area contributed by atoms with Gasteiger partial charge in [-0.05, 0) is 61.0 Å². The number of hydrogen-bond acceptors (Lipinski definition) is 4. The lowest BCUT2D eigenvalue weighted by Gasteiger charge is -2.14. The minimum Gasteiger partial charge on any atom is -0.493 e. The van der Waals surface area contributed by atoms with Crippen molar-refractivity contribution in [2.24, 2.45) is 0 Å². The summed E-state index contributed by atoms with van der Waals surface area (Å²) in [5, 5.41) is 5.90. The van der Waals surface area contributed by atoms with E-state index < -0.39 is 0 Å². The minimum atomic E-state index is -0.354. The molecule has 0 aliphatic rings. The Hall–Kier alpha value is -2.45. The van der Waals surface area contributed by atoms with Crippen LogP contribution in [0.25, 0.3) is 0 Å². The van der Waals surface area contributed by atoms with Crippen LogP contribution in [0, 0.1) is 0 Å². The van der Waals surface area contributed by atoms with Gasteiger partial charge in [0.2, 0.25) is 5.91 Å². The second kappa shape index (κ2) is 11.7. The van der Waals surface area contributed by atoms with E-state index in [0.29, 0.717) is 30.8 Å². The maximum atomic E-state index is 12.7. The predicted molar refractivity (Wildman–Crippen MR) is 127 cm³/mol. The van der Waals surface area contributed by atoms with Gasteiger partial charge >= 0.3 is 0 Å². The molecule has 160 valence electrons. The van der Waals surface area contributed by atoms with Crippen LogP contribution in [0.5, 0.6) is 5.75 Å². The number of hydrogen-bond donors (Lipinski definition) is 2. The molecule has 0 heterocycles. The van der Waals surface area contributed by atoms with Crippen LogP contribution in [0.4, 0.5) is 5.69 Å². The van der Waals surface area contributed by atoms with Crippen molar-refractivity contribution in [2.45, 2.75) is 26.2 Å². The van der Waals surface area contributed by atoms with E-state index in [1.54, 1.807) is 31.1 Å². The Morgan fingerprint density at radius 3 is 2.63 bits per heavy atom. The SMILES string of the molecule is CCCOc1ccc(Br)cc1C(=O)NC(=S)Nc1cccc(CCC(=O)N(C)C)c1. The van der Waals surface area contributed by atoms with E-state index in [0.717, 1.165) is 22.1 Å². The highest BCUT2D eigenvalue weighted by molar-refractivity contribution is 9.10. The van der Waals surface area contributed by atoms with Crippen molar-refractivity contribution >= 4 is 50.8 Å². The fourth-order valence-corrected chi connectivity index (χ4v) is 3.20. The van der Waals surface area contributed by atoms with Gasteiger partial charge in [0.05, 0.1) is 12.2 Å². The van der Waals surface area contributed by atoms with Gasteiger partial charge in [0.15, 0.2) is 5.11 Å². The van der Waals surface area contributed by atoms with Gasteiger partial charge in [0, 0.05) is 30.7 Å². The van der Waals surface area contributed by atoms with Crippen LogP contribution in [-0.4, -0.2) is 42.5 Å².